The Balaban J connectivity index is 0.00000200. The number of halogens is 1. The van der Waals surface area contributed by atoms with Gasteiger partial charge in [0.25, 0.3) is 5.91 Å². The molecule has 0 bridgehead atoms. The molecule has 0 aliphatic carbocycles. The van der Waals surface area contributed by atoms with Crippen LogP contribution in [0.5, 0.6) is 5.75 Å². The number of benzene rings is 1. The van der Waals surface area contributed by atoms with Gasteiger partial charge in [-0.15, -0.1) is 12.4 Å². The van der Waals surface area contributed by atoms with E-state index in [4.69, 9.17) is 4.74 Å². The lowest BCUT2D eigenvalue weighted by molar-refractivity contribution is -0.133. The molecule has 1 aliphatic heterocycles. The molecule has 1 aromatic rings. The number of hydrogen-bond acceptors (Lipinski definition) is 3. The third-order valence-electron chi connectivity index (χ3n) is 3.68. The monoisotopic (exact) mass is 298 g/mol. The first-order valence-corrected chi connectivity index (χ1v) is 6.89. The van der Waals surface area contributed by atoms with Gasteiger partial charge in [-0.1, -0.05) is 25.1 Å². The maximum absolute atomic E-state index is 12.1. The van der Waals surface area contributed by atoms with Crippen LogP contribution in [0.1, 0.15) is 18.9 Å². The van der Waals surface area contributed by atoms with Crippen molar-refractivity contribution in [3.05, 3.63) is 29.8 Å². The molecule has 1 fully saturated rings. The SMILES string of the molecule is CCc1ccccc1OCC(=O)N(C)C1CCNC1.Cl. The lowest BCUT2D eigenvalue weighted by Crippen LogP contribution is -2.40. The summed E-state index contributed by atoms with van der Waals surface area (Å²) in [6.45, 7) is 4.07. The maximum Gasteiger partial charge on any atom is 0.260 e. The molecule has 112 valence electrons. The van der Waals surface area contributed by atoms with Gasteiger partial charge in [0.15, 0.2) is 6.61 Å². The van der Waals surface area contributed by atoms with Gasteiger partial charge in [0, 0.05) is 19.6 Å². The predicted octanol–water partition coefficient (Wildman–Crippen LogP) is 1.87. The Morgan fingerprint density at radius 1 is 1.45 bits per heavy atom. The van der Waals surface area contributed by atoms with Crippen LogP contribution in [0.25, 0.3) is 0 Å². The second-order valence-electron chi connectivity index (χ2n) is 4.90. The number of nitrogens with zero attached hydrogens (tertiary/aromatic N) is 1. The van der Waals surface area contributed by atoms with Crippen molar-refractivity contribution in [1.29, 1.82) is 0 Å². The Morgan fingerprint density at radius 2 is 2.20 bits per heavy atom. The molecule has 2 rings (SSSR count). The van der Waals surface area contributed by atoms with Gasteiger partial charge in [-0.25, -0.2) is 0 Å². The summed E-state index contributed by atoms with van der Waals surface area (Å²) >= 11 is 0. The van der Waals surface area contributed by atoms with Crippen molar-refractivity contribution in [2.24, 2.45) is 0 Å². The zero-order valence-electron chi connectivity index (χ0n) is 12.1. The molecular weight excluding hydrogens is 276 g/mol. The van der Waals surface area contributed by atoms with Crippen LogP contribution in [-0.2, 0) is 11.2 Å². The smallest absolute Gasteiger partial charge is 0.260 e. The highest BCUT2D eigenvalue weighted by atomic mass is 35.5. The first-order valence-electron chi connectivity index (χ1n) is 6.89. The van der Waals surface area contributed by atoms with Crippen LogP contribution < -0.4 is 10.1 Å². The lowest BCUT2D eigenvalue weighted by atomic mass is 10.1. The van der Waals surface area contributed by atoms with E-state index in [1.165, 1.54) is 0 Å². The van der Waals surface area contributed by atoms with Crippen LogP contribution in [-0.4, -0.2) is 43.6 Å². The third-order valence-corrected chi connectivity index (χ3v) is 3.68. The fourth-order valence-corrected chi connectivity index (χ4v) is 2.35. The molecule has 0 saturated carbocycles. The van der Waals surface area contributed by atoms with Crippen molar-refractivity contribution in [1.82, 2.24) is 10.2 Å². The van der Waals surface area contributed by atoms with Crippen molar-refractivity contribution in [3.63, 3.8) is 0 Å². The van der Waals surface area contributed by atoms with Crippen molar-refractivity contribution < 1.29 is 9.53 Å². The number of amides is 1. The van der Waals surface area contributed by atoms with Gasteiger partial charge in [0.2, 0.25) is 0 Å². The summed E-state index contributed by atoms with van der Waals surface area (Å²) < 4.78 is 5.66. The highest BCUT2D eigenvalue weighted by molar-refractivity contribution is 5.85. The summed E-state index contributed by atoms with van der Waals surface area (Å²) in [6.07, 6.45) is 1.93. The van der Waals surface area contributed by atoms with Crippen molar-refractivity contribution in [2.45, 2.75) is 25.8 Å². The van der Waals surface area contributed by atoms with E-state index in [1.54, 1.807) is 4.90 Å². The molecule has 0 aromatic heterocycles. The van der Waals surface area contributed by atoms with E-state index >= 15 is 0 Å². The second-order valence-corrected chi connectivity index (χ2v) is 4.90. The maximum atomic E-state index is 12.1. The Kier molecular flexibility index (Phi) is 6.82. The van der Waals surface area contributed by atoms with Crippen LogP contribution in [0.4, 0.5) is 0 Å². The number of rotatable bonds is 5. The first kappa shape index (κ1) is 16.8. The first-order chi connectivity index (χ1) is 9.22. The zero-order chi connectivity index (χ0) is 13.7. The molecule has 1 heterocycles. The molecule has 1 N–H and O–H groups in total. The van der Waals surface area contributed by atoms with Crippen LogP contribution in [0.2, 0.25) is 0 Å². The van der Waals surface area contributed by atoms with E-state index in [9.17, 15) is 4.79 Å². The van der Waals surface area contributed by atoms with Crippen LogP contribution in [0.3, 0.4) is 0 Å². The zero-order valence-corrected chi connectivity index (χ0v) is 12.9. The molecule has 1 amide bonds. The number of ether oxygens (including phenoxy) is 1. The quantitative estimate of drug-likeness (QED) is 0.902. The van der Waals surface area contributed by atoms with Gasteiger partial charge in [-0.2, -0.15) is 0 Å². The number of hydrogen-bond donors (Lipinski definition) is 1. The number of carbonyl (C=O) groups is 1. The fourth-order valence-electron chi connectivity index (χ4n) is 2.35. The molecule has 20 heavy (non-hydrogen) atoms. The fraction of sp³-hybridized carbons (Fsp3) is 0.533. The standard InChI is InChI=1S/C15H22N2O2.ClH/c1-3-12-6-4-5-7-14(12)19-11-15(18)17(2)13-8-9-16-10-13;/h4-7,13,16H,3,8-11H2,1-2H3;1H. The molecule has 0 radical (unpaired) electrons. The number of nitrogens with one attached hydrogen (secondary N) is 1. The molecule has 1 saturated heterocycles. The highest BCUT2D eigenvalue weighted by Crippen LogP contribution is 2.18. The Morgan fingerprint density at radius 3 is 2.85 bits per heavy atom. The lowest BCUT2D eigenvalue weighted by Gasteiger charge is -2.24. The molecule has 1 atom stereocenters. The van der Waals surface area contributed by atoms with Gasteiger partial charge < -0.3 is 15.0 Å². The topological polar surface area (TPSA) is 41.6 Å². The Bertz CT molecular complexity index is 434. The van der Waals surface area contributed by atoms with E-state index in [-0.39, 0.29) is 24.9 Å². The number of likely N-dealkylation sites (N-methyl/N-ethyl adjacent to an activating group) is 1. The summed E-state index contributed by atoms with van der Waals surface area (Å²) in [7, 11) is 1.86. The molecule has 5 heteroatoms. The molecule has 1 unspecified atom stereocenters. The van der Waals surface area contributed by atoms with Gasteiger partial charge >= 0.3 is 0 Å². The Labute approximate surface area is 126 Å². The third kappa shape index (κ3) is 4.12. The largest absolute Gasteiger partial charge is 0.483 e. The highest BCUT2D eigenvalue weighted by Gasteiger charge is 2.23. The summed E-state index contributed by atoms with van der Waals surface area (Å²) in [4.78, 5) is 13.9. The molecule has 1 aromatic carbocycles. The number of para-hydroxylation sites is 1. The minimum absolute atomic E-state index is 0. The molecule has 1 aliphatic rings. The van der Waals surface area contributed by atoms with E-state index < -0.39 is 0 Å². The normalized spacial score (nSPS) is 17.4. The van der Waals surface area contributed by atoms with Crippen LogP contribution in [0.15, 0.2) is 24.3 Å². The van der Waals surface area contributed by atoms with Crippen molar-refractivity contribution in [2.75, 3.05) is 26.7 Å². The van der Waals surface area contributed by atoms with E-state index in [0.29, 0.717) is 6.04 Å². The van der Waals surface area contributed by atoms with Gasteiger partial charge in [-0.05, 0) is 31.0 Å². The number of aryl methyl sites for hydroxylation is 1. The van der Waals surface area contributed by atoms with Crippen LogP contribution in [0, 0.1) is 0 Å². The minimum Gasteiger partial charge on any atom is -0.483 e. The molecule has 0 spiro atoms. The summed E-state index contributed by atoms with van der Waals surface area (Å²) in [5.41, 5.74) is 1.14. The second kappa shape index (κ2) is 8.12. The van der Waals surface area contributed by atoms with Gasteiger partial charge in [0.05, 0.1) is 0 Å². The van der Waals surface area contributed by atoms with E-state index in [2.05, 4.69) is 12.2 Å². The summed E-state index contributed by atoms with van der Waals surface area (Å²) in [5.74, 6) is 0.857. The van der Waals surface area contributed by atoms with E-state index in [0.717, 1.165) is 37.2 Å². The summed E-state index contributed by atoms with van der Waals surface area (Å²) in [6, 6.07) is 8.18. The molecule has 4 nitrogen and oxygen atoms in total. The Hall–Kier alpha value is -1.26. The van der Waals surface area contributed by atoms with Crippen molar-refractivity contribution >= 4 is 18.3 Å². The predicted molar refractivity (Wildman–Crippen MR) is 82.6 cm³/mol. The average molecular weight is 299 g/mol. The minimum atomic E-state index is 0. The van der Waals surface area contributed by atoms with E-state index in [1.807, 2.05) is 31.3 Å². The van der Waals surface area contributed by atoms with Gasteiger partial charge in [-0.3, -0.25) is 4.79 Å². The average Bonchev–Trinajstić information content (AvgIpc) is 2.98. The summed E-state index contributed by atoms with van der Waals surface area (Å²) in [5, 5.41) is 3.27. The van der Waals surface area contributed by atoms with Gasteiger partial charge in [0.1, 0.15) is 5.75 Å². The van der Waals surface area contributed by atoms with Crippen LogP contribution >= 0.6 is 12.4 Å². The molecular formula is C15H23ClN2O2. The van der Waals surface area contributed by atoms with Crippen molar-refractivity contribution in [3.8, 4) is 5.75 Å². The number of carbonyl (C=O) groups excluding carboxylic acids is 1.